The zero-order chi connectivity index (χ0) is 38.6. The van der Waals surface area contributed by atoms with E-state index in [9.17, 15) is 0 Å². The van der Waals surface area contributed by atoms with Crippen LogP contribution in [0.25, 0.3) is 0 Å². The van der Waals surface area contributed by atoms with Gasteiger partial charge >= 0.3 is 0 Å². The molecule has 0 bridgehead atoms. The monoisotopic (exact) mass is 743 g/mol. The lowest BCUT2D eigenvalue weighted by atomic mass is 10.3. The van der Waals surface area contributed by atoms with Crippen molar-refractivity contribution < 1.29 is 61.6 Å². The standard InChI is InChI=1S/C38H78O13/c1-27(40-14)16-41-29(3)18-43-31(5)20-45-33(7)22-47-35(9)24-49-37(11)26-51-38(12)25-50-36(10)23-48-34(8)21-46-32(6)19-44-30(4)17-42-28(2)15-39-13/h27-38H,15-26H2,1-14H3. The van der Waals surface area contributed by atoms with Crippen LogP contribution in [0.15, 0.2) is 0 Å². The normalized spacial score (nSPS) is 19.4. The average molecular weight is 743 g/mol. The summed E-state index contributed by atoms with van der Waals surface area (Å²) in [5.41, 5.74) is 0. The van der Waals surface area contributed by atoms with E-state index < -0.39 is 0 Å². The minimum absolute atomic E-state index is 0.00977. The molecule has 0 aliphatic heterocycles. The molecule has 0 amide bonds. The van der Waals surface area contributed by atoms with Gasteiger partial charge in [-0.25, -0.2) is 0 Å². The lowest BCUT2D eigenvalue weighted by Gasteiger charge is -2.23. The summed E-state index contributed by atoms with van der Waals surface area (Å²) in [6.45, 7) is 29.7. The minimum Gasteiger partial charge on any atom is -0.382 e. The Hall–Kier alpha value is -0.520. The molecule has 12 unspecified atom stereocenters. The molecule has 0 heterocycles. The predicted molar refractivity (Wildman–Crippen MR) is 198 cm³/mol. The third-order valence-corrected chi connectivity index (χ3v) is 7.57. The first kappa shape index (κ1) is 50.5. The maximum atomic E-state index is 5.95. The topological polar surface area (TPSA) is 120 Å². The van der Waals surface area contributed by atoms with Crippen LogP contribution >= 0.6 is 0 Å². The summed E-state index contributed by atoms with van der Waals surface area (Å²) in [5.74, 6) is 0. The highest BCUT2D eigenvalue weighted by molar-refractivity contribution is 4.61. The smallest absolute Gasteiger partial charge is 0.0781 e. The zero-order valence-electron chi connectivity index (χ0n) is 34.7. The van der Waals surface area contributed by atoms with E-state index in [1.807, 2.05) is 83.1 Å². The molecular weight excluding hydrogens is 664 g/mol. The number of rotatable bonds is 36. The Labute approximate surface area is 311 Å². The van der Waals surface area contributed by atoms with Crippen LogP contribution in [0.5, 0.6) is 0 Å². The highest BCUT2D eigenvalue weighted by Gasteiger charge is 2.16. The van der Waals surface area contributed by atoms with Crippen LogP contribution in [0.1, 0.15) is 83.1 Å². The minimum atomic E-state index is -0.0794. The van der Waals surface area contributed by atoms with Gasteiger partial charge in [0.05, 0.1) is 153 Å². The van der Waals surface area contributed by atoms with E-state index in [-0.39, 0.29) is 73.2 Å². The van der Waals surface area contributed by atoms with Gasteiger partial charge in [-0.1, -0.05) is 0 Å². The molecule has 0 rings (SSSR count). The van der Waals surface area contributed by atoms with Gasteiger partial charge in [-0.15, -0.1) is 0 Å². The van der Waals surface area contributed by atoms with Crippen LogP contribution < -0.4 is 0 Å². The quantitative estimate of drug-likeness (QED) is 0.0846. The summed E-state index contributed by atoms with van der Waals surface area (Å²) in [7, 11) is 3.34. The van der Waals surface area contributed by atoms with Crippen LogP contribution in [0.3, 0.4) is 0 Å². The number of hydrogen-bond donors (Lipinski definition) is 0. The Balaban J connectivity index is 3.94. The van der Waals surface area contributed by atoms with Gasteiger partial charge in [0.1, 0.15) is 0 Å². The molecule has 13 nitrogen and oxygen atoms in total. The van der Waals surface area contributed by atoms with Crippen molar-refractivity contribution in [2.24, 2.45) is 0 Å². The second kappa shape index (κ2) is 31.8. The molecule has 0 aromatic heterocycles. The fourth-order valence-electron chi connectivity index (χ4n) is 4.13. The fraction of sp³-hybridized carbons (Fsp3) is 1.00. The van der Waals surface area contributed by atoms with E-state index in [0.717, 1.165) is 0 Å². The van der Waals surface area contributed by atoms with Gasteiger partial charge in [0.25, 0.3) is 0 Å². The van der Waals surface area contributed by atoms with Gasteiger partial charge in [0.2, 0.25) is 0 Å². The van der Waals surface area contributed by atoms with E-state index >= 15 is 0 Å². The van der Waals surface area contributed by atoms with Gasteiger partial charge < -0.3 is 61.6 Å². The highest BCUT2D eigenvalue weighted by Crippen LogP contribution is 2.07. The Kier molecular flexibility index (Phi) is 31.5. The summed E-state index contributed by atoms with van der Waals surface area (Å²) >= 11 is 0. The second-order valence-corrected chi connectivity index (χ2v) is 14.1. The molecule has 0 aliphatic carbocycles. The van der Waals surface area contributed by atoms with Crippen molar-refractivity contribution in [3.8, 4) is 0 Å². The predicted octanol–water partition coefficient (Wildman–Crippen LogP) is 5.12. The van der Waals surface area contributed by atoms with Crippen LogP contribution in [0, 0.1) is 0 Å². The summed E-state index contributed by atoms with van der Waals surface area (Å²) < 4.78 is 74.9. The molecule has 0 saturated carbocycles. The fourth-order valence-corrected chi connectivity index (χ4v) is 4.13. The molecule has 13 heteroatoms. The van der Waals surface area contributed by atoms with Crippen molar-refractivity contribution in [2.75, 3.05) is 93.5 Å². The first-order chi connectivity index (χ1) is 24.1. The Morgan fingerprint density at radius 3 is 0.490 bits per heavy atom. The van der Waals surface area contributed by atoms with Crippen molar-refractivity contribution >= 4 is 0 Å². The molecule has 0 N–H and O–H groups in total. The molecule has 308 valence electrons. The van der Waals surface area contributed by atoms with Crippen LogP contribution in [-0.2, 0) is 61.6 Å². The molecule has 0 aromatic rings. The summed E-state index contributed by atoms with van der Waals surface area (Å²) in [5, 5.41) is 0. The van der Waals surface area contributed by atoms with Crippen molar-refractivity contribution in [3.05, 3.63) is 0 Å². The van der Waals surface area contributed by atoms with Gasteiger partial charge in [-0.05, 0) is 83.1 Å². The Morgan fingerprint density at radius 2 is 0.353 bits per heavy atom. The van der Waals surface area contributed by atoms with E-state index in [1.165, 1.54) is 0 Å². The molecule has 51 heavy (non-hydrogen) atoms. The second-order valence-electron chi connectivity index (χ2n) is 14.1. The van der Waals surface area contributed by atoms with E-state index in [1.54, 1.807) is 14.2 Å². The van der Waals surface area contributed by atoms with Gasteiger partial charge in [0.15, 0.2) is 0 Å². The molecule has 0 aromatic carbocycles. The SMILES string of the molecule is COCC(C)OCC(C)OCC(C)OCC(C)OCC(C)OCC(C)OCC(C)OCC(C)OCC(C)OCC(C)OCC(C)OCC(C)OC. The van der Waals surface area contributed by atoms with Gasteiger partial charge in [0, 0.05) is 14.2 Å². The van der Waals surface area contributed by atoms with Crippen molar-refractivity contribution in [1.82, 2.24) is 0 Å². The van der Waals surface area contributed by atoms with Crippen LogP contribution in [-0.4, -0.2) is 167 Å². The first-order valence-electron chi connectivity index (χ1n) is 18.9. The lowest BCUT2D eigenvalue weighted by Crippen LogP contribution is -2.31. The third kappa shape index (κ3) is 31.5. The van der Waals surface area contributed by atoms with Crippen LogP contribution in [0.4, 0.5) is 0 Å². The molecular formula is C38H78O13. The maximum absolute atomic E-state index is 5.95. The number of methoxy groups -OCH3 is 2. The van der Waals surface area contributed by atoms with Gasteiger partial charge in [-0.3, -0.25) is 0 Å². The zero-order valence-corrected chi connectivity index (χ0v) is 34.7. The van der Waals surface area contributed by atoms with E-state index in [2.05, 4.69) is 0 Å². The molecule has 0 radical (unpaired) electrons. The first-order valence-corrected chi connectivity index (χ1v) is 18.9. The summed E-state index contributed by atoms with van der Waals surface area (Å²) in [4.78, 5) is 0. The lowest BCUT2D eigenvalue weighted by molar-refractivity contribution is -0.114. The Bertz CT molecular complexity index is 765. The summed E-state index contributed by atoms with van der Waals surface area (Å²) in [6.07, 6.45) is -0.464. The average Bonchev–Trinajstić information content (AvgIpc) is 3.11. The van der Waals surface area contributed by atoms with E-state index in [4.69, 9.17) is 61.6 Å². The largest absolute Gasteiger partial charge is 0.382 e. The molecule has 0 aliphatic rings. The van der Waals surface area contributed by atoms with Gasteiger partial charge in [-0.2, -0.15) is 0 Å². The third-order valence-electron chi connectivity index (χ3n) is 7.57. The number of hydrogen-bond acceptors (Lipinski definition) is 13. The maximum Gasteiger partial charge on any atom is 0.0781 e. The molecule has 0 saturated heterocycles. The number of ether oxygens (including phenoxy) is 13. The van der Waals surface area contributed by atoms with E-state index in [0.29, 0.717) is 79.3 Å². The molecule has 12 atom stereocenters. The highest BCUT2D eigenvalue weighted by atomic mass is 16.6. The van der Waals surface area contributed by atoms with Crippen molar-refractivity contribution in [2.45, 2.75) is 156 Å². The van der Waals surface area contributed by atoms with Crippen molar-refractivity contribution in [3.63, 3.8) is 0 Å². The Morgan fingerprint density at radius 1 is 0.216 bits per heavy atom. The van der Waals surface area contributed by atoms with Crippen molar-refractivity contribution in [1.29, 1.82) is 0 Å². The summed E-state index contributed by atoms with van der Waals surface area (Å²) in [6, 6.07) is 0. The molecule has 0 spiro atoms. The molecule has 0 fully saturated rings. The van der Waals surface area contributed by atoms with Crippen LogP contribution in [0.2, 0.25) is 0 Å².